The first-order chi connectivity index (χ1) is 13.1. The number of furan rings is 1. The maximum Gasteiger partial charge on any atom is 0.267 e. The first-order valence-electron chi connectivity index (χ1n) is 8.07. The van der Waals surface area contributed by atoms with Gasteiger partial charge in [0.1, 0.15) is 17.5 Å². The Hall–Kier alpha value is -3.52. The molecule has 0 saturated carbocycles. The smallest absolute Gasteiger partial charge is 0.267 e. The van der Waals surface area contributed by atoms with Crippen molar-refractivity contribution >= 4 is 39.3 Å². The lowest BCUT2D eigenvalue weighted by Gasteiger charge is -2.01. The number of thiazole rings is 1. The molecule has 3 N–H and O–H groups in total. The molecule has 0 spiro atoms. The highest BCUT2D eigenvalue weighted by Crippen LogP contribution is 2.23. The second-order valence-electron chi connectivity index (χ2n) is 5.83. The van der Waals surface area contributed by atoms with Crippen LogP contribution in [0.25, 0.3) is 11.0 Å². The summed E-state index contributed by atoms with van der Waals surface area (Å²) < 4.78 is 5.40. The number of amides is 2. The molecule has 0 atom stereocenters. The summed E-state index contributed by atoms with van der Waals surface area (Å²) in [5.74, 6) is -0.851. The first kappa shape index (κ1) is 16.9. The van der Waals surface area contributed by atoms with Crippen molar-refractivity contribution in [3.8, 4) is 0 Å². The number of para-hydroxylation sites is 1. The average molecular weight is 378 g/mol. The number of rotatable bonds is 5. The standard InChI is InChI=1S/C19H14N4O3S/c20-17(24)15-8-11(5-6-21-15)7-12-10-27-19(22-12)23-18(25)14-9-26-16-4-2-1-3-13(14)16/h1-6,8-10H,7H2,(H2,20,24)(H,22,23,25). The second kappa shape index (κ2) is 7.00. The molecule has 0 unspecified atom stereocenters. The highest BCUT2D eigenvalue weighted by Gasteiger charge is 2.15. The molecule has 0 radical (unpaired) electrons. The van der Waals surface area contributed by atoms with Crippen LogP contribution in [0.3, 0.4) is 0 Å². The molecule has 8 heteroatoms. The van der Waals surface area contributed by atoms with Crippen LogP contribution in [0.4, 0.5) is 5.13 Å². The average Bonchev–Trinajstić information content (AvgIpc) is 3.28. The van der Waals surface area contributed by atoms with E-state index in [4.69, 9.17) is 10.2 Å². The van der Waals surface area contributed by atoms with Crippen LogP contribution in [0.1, 0.15) is 32.1 Å². The zero-order valence-electron chi connectivity index (χ0n) is 14.0. The van der Waals surface area contributed by atoms with E-state index in [1.54, 1.807) is 12.1 Å². The molecule has 0 aliphatic rings. The van der Waals surface area contributed by atoms with Gasteiger partial charge in [0.15, 0.2) is 5.13 Å². The molecule has 0 aliphatic heterocycles. The van der Waals surface area contributed by atoms with Crippen LogP contribution in [0.5, 0.6) is 0 Å². The summed E-state index contributed by atoms with van der Waals surface area (Å²) in [6, 6.07) is 10.8. The summed E-state index contributed by atoms with van der Waals surface area (Å²) in [5, 5.41) is 5.89. The van der Waals surface area contributed by atoms with Crippen molar-refractivity contribution in [2.45, 2.75) is 6.42 Å². The van der Waals surface area contributed by atoms with Crippen molar-refractivity contribution in [3.63, 3.8) is 0 Å². The lowest BCUT2D eigenvalue weighted by molar-refractivity contribution is 0.0993. The van der Waals surface area contributed by atoms with Crippen LogP contribution in [0.2, 0.25) is 0 Å². The molecule has 4 aromatic rings. The van der Waals surface area contributed by atoms with E-state index in [2.05, 4.69) is 15.3 Å². The van der Waals surface area contributed by atoms with Crippen molar-refractivity contribution < 1.29 is 14.0 Å². The molecular formula is C19H14N4O3S. The van der Waals surface area contributed by atoms with Crippen LogP contribution in [-0.4, -0.2) is 21.8 Å². The van der Waals surface area contributed by atoms with Gasteiger partial charge in [-0.2, -0.15) is 0 Å². The predicted octanol–water partition coefficient (Wildman–Crippen LogP) is 3.23. The van der Waals surface area contributed by atoms with E-state index in [1.165, 1.54) is 23.8 Å². The quantitative estimate of drug-likeness (QED) is 0.554. The van der Waals surface area contributed by atoms with Gasteiger partial charge < -0.3 is 10.2 Å². The molecule has 3 aromatic heterocycles. The fraction of sp³-hybridized carbons (Fsp3) is 0.0526. The lowest BCUT2D eigenvalue weighted by atomic mass is 10.1. The van der Waals surface area contributed by atoms with Gasteiger partial charge in [-0.05, 0) is 23.8 Å². The van der Waals surface area contributed by atoms with E-state index in [0.29, 0.717) is 22.7 Å². The molecule has 0 saturated heterocycles. The molecule has 0 fully saturated rings. The summed E-state index contributed by atoms with van der Waals surface area (Å²) in [6.07, 6.45) is 3.48. The van der Waals surface area contributed by atoms with E-state index in [0.717, 1.165) is 16.6 Å². The van der Waals surface area contributed by atoms with Crippen LogP contribution in [0, 0.1) is 0 Å². The van der Waals surface area contributed by atoms with Gasteiger partial charge in [0.05, 0.1) is 11.3 Å². The van der Waals surface area contributed by atoms with E-state index in [1.807, 2.05) is 29.6 Å². The first-order valence-corrected chi connectivity index (χ1v) is 8.95. The minimum absolute atomic E-state index is 0.211. The number of fused-ring (bicyclic) bond motifs is 1. The van der Waals surface area contributed by atoms with Crippen LogP contribution < -0.4 is 11.1 Å². The van der Waals surface area contributed by atoms with E-state index < -0.39 is 5.91 Å². The molecule has 3 heterocycles. The summed E-state index contributed by atoms with van der Waals surface area (Å²) in [5.41, 5.74) is 8.22. The fourth-order valence-electron chi connectivity index (χ4n) is 2.69. The molecule has 4 rings (SSSR count). The monoisotopic (exact) mass is 378 g/mol. The van der Waals surface area contributed by atoms with Crippen molar-refractivity contribution in [2.24, 2.45) is 5.73 Å². The number of nitrogens with two attached hydrogens (primary N) is 1. The number of primary amides is 1. The number of carbonyl (C=O) groups is 2. The number of hydrogen-bond acceptors (Lipinski definition) is 6. The summed E-state index contributed by atoms with van der Waals surface area (Å²) in [6.45, 7) is 0. The lowest BCUT2D eigenvalue weighted by Crippen LogP contribution is -2.13. The van der Waals surface area contributed by atoms with Gasteiger partial charge >= 0.3 is 0 Å². The van der Waals surface area contributed by atoms with Crippen molar-refractivity contribution in [1.29, 1.82) is 0 Å². The van der Waals surface area contributed by atoms with Crippen molar-refractivity contribution in [3.05, 3.63) is 76.8 Å². The number of hydrogen-bond donors (Lipinski definition) is 2. The summed E-state index contributed by atoms with van der Waals surface area (Å²) in [4.78, 5) is 32.1. The van der Waals surface area contributed by atoms with Gasteiger partial charge in [0.2, 0.25) is 0 Å². The third-order valence-electron chi connectivity index (χ3n) is 3.96. The molecule has 0 bridgehead atoms. The van der Waals surface area contributed by atoms with E-state index in [-0.39, 0.29) is 11.6 Å². The molecule has 7 nitrogen and oxygen atoms in total. The Morgan fingerprint density at radius 2 is 2.07 bits per heavy atom. The summed E-state index contributed by atoms with van der Waals surface area (Å²) >= 11 is 1.33. The number of aromatic nitrogens is 2. The molecule has 1 aromatic carbocycles. The van der Waals surface area contributed by atoms with Gasteiger partial charge in [0, 0.05) is 23.4 Å². The topological polar surface area (TPSA) is 111 Å². The van der Waals surface area contributed by atoms with Crippen LogP contribution in [-0.2, 0) is 6.42 Å². The van der Waals surface area contributed by atoms with Gasteiger partial charge in [-0.1, -0.05) is 18.2 Å². The second-order valence-corrected chi connectivity index (χ2v) is 6.69. The number of anilines is 1. The predicted molar refractivity (Wildman–Crippen MR) is 102 cm³/mol. The number of pyridine rings is 1. The van der Waals surface area contributed by atoms with Crippen molar-refractivity contribution in [2.75, 3.05) is 5.32 Å². The van der Waals surface area contributed by atoms with Crippen LogP contribution >= 0.6 is 11.3 Å². The Balaban J connectivity index is 1.49. The zero-order chi connectivity index (χ0) is 18.8. The number of nitrogens with one attached hydrogen (secondary N) is 1. The molecule has 27 heavy (non-hydrogen) atoms. The van der Waals surface area contributed by atoms with E-state index >= 15 is 0 Å². The zero-order valence-corrected chi connectivity index (χ0v) is 14.8. The maximum atomic E-state index is 12.5. The van der Waals surface area contributed by atoms with Gasteiger partial charge in [0.25, 0.3) is 11.8 Å². The summed E-state index contributed by atoms with van der Waals surface area (Å²) in [7, 11) is 0. The third-order valence-corrected chi connectivity index (χ3v) is 4.77. The Morgan fingerprint density at radius 3 is 2.93 bits per heavy atom. The highest BCUT2D eigenvalue weighted by atomic mass is 32.1. The fourth-order valence-corrected chi connectivity index (χ4v) is 3.40. The Labute approximate surface area is 157 Å². The molecule has 2 amide bonds. The number of nitrogens with zero attached hydrogens (tertiary/aromatic N) is 2. The van der Waals surface area contributed by atoms with Gasteiger partial charge in [-0.25, -0.2) is 4.98 Å². The van der Waals surface area contributed by atoms with Gasteiger partial charge in [-0.15, -0.1) is 11.3 Å². The van der Waals surface area contributed by atoms with Crippen LogP contribution in [0.15, 0.2) is 58.7 Å². The molecule has 134 valence electrons. The highest BCUT2D eigenvalue weighted by molar-refractivity contribution is 7.14. The Morgan fingerprint density at radius 1 is 1.22 bits per heavy atom. The minimum atomic E-state index is -0.574. The number of benzene rings is 1. The molecule has 0 aliphatic carbocycles. The van der Waals surface area contributed by atoms with E-state index in [9.17, 15) is 9.59 Å². The van der Waals surface area contributed by atoms with Gasteiger partial charge in [-0.3, -0.25) is 19.9 Å². The Kier molecular flexibility index (Phi) is 4.39. The largest absolute Gasteiger partial charge is 0.463 e. The maximum absolute atomic E-state index is 12.5. The Bertz CT molecular complexity index is 1150. The third kappa shape index (κ3) is 3.56. The molecular weight excluding hydrogens is 364 g/mol. The van der Waals surface area contributed by atoms with Crippen molar-refractivity contribution in [1.82, 2.24) is 9.97 Å². The SMILES string of the molecule is NC(=O)c1cc(Cc2csc(NC(=O)c3coc4ccccc34)n2)ccn1. The number of carbonyl (C=O) groups excluding carboxylic acids is 2. The minimum Gasteiger partial charge on any atom is -0.463 e. The normalized spacial score (nSPS) is 10.8.